The van der Waals surface area contributed by atoms with Gasteiger partial charge in [0.15, 0.2) is 0 Å². The average molecular weight is 318 g/mol. The summed E-state index contributed by atoms with van der Waals surface area (Å²) in [7, 11) is 1.59. The minimum absolute atomic E-state index is 0.129. The van der Waals surface area contributed by atoms with Crippen molar-refractivity contribution in [3.63, 3.8) is 0 Å². The van der Waals surface area contributed by atoms with Crippen LogP contribution in [-0.2, 0) is 9.53 Å². The van der Waals surface area contributed by atoms with Crippen LogP contribution in [0.3, 0.4) is 0 Å². The van der Waals surface area contributed by atoms with Crippen LogP contribution < -0.4 is 10.6 Å². The van der Waals surface area contributed by atoms with Crippen LogP contribution in [0.15, 0.2) is 30.3 Å². The molecule has 2 N–H and O–H groups in total. The van der Waals surface area contributed by atoms with Crippen LogP contribution in [-0.4, -0.2) is 38.6 Å². The maximum Gasteiger partial charge on any atom is 0.251 e. The molecule has 0 saturated heterocycles. The minimum atomic E-state index is -0.159. The van der Waals surface area contributed by atoms with E-state index in [1.165, 1.54) is 6.08 Å². The molecule has 1 aromatic rings. The first-order valence-electron chi connectivity index (χ1n) is 7.88. The Hall–Kier alpha value is -2.14. The van der Waals surface area contributed by atoms with Crippen LogP contribution in [0.5, 0.6) is 0 Å². The quantitative estimate of drug-likeness (QED) is 0.542. The van der Waals surface area contributed by atoms with Crippen molar-refractivity contribution in [3.8, 4) is 0 Å². The highest BCUT2D eigenvalue weighted by Gasteiger charge is 2.01. The predicted molar refractivity (Wildman–Crippen MR) is 92.1 cm³/mol. The lowest BCUT2D eigenvalue weighted by atomic mass is 10.1. The second-order valence-electron chi connectivity index (χ2n) is 5.62. The standard InChI is InChI=1S/C18H26N2O3/c1-14(2)10-12-23-13-11-20-17(21)9-6-15-4-7-16(8-5-15)18(22)19-3/h4-9,14H,10-13H2,1-3H3,(H,19,22)(H,20,21)/b9-6-. The van der Waals surface area contributed by atoms with Crippen LogP contribution in [0.1, 0.15) is 36.2 Å². The molecule has 0 saturated carbocycles. The van der Waals surface area contributed by atoms with Crippen molar-refractivity contribution < 1.29 is 14.3 Å². The lowest BCUT2D eigenvalue weighted by Crippen LogP contribution is -2.25. The number of benzene rings is 1. The SMILES string of the molecule is CNC(=O)c1ccc(/C=C\C(=O)NCCOCCC(C)C)cc1. The molecule has 126 valence electrons. The zero-order valence-electron chi connectivity index (χ0n) is 14.1. The number of hydrogen-bond acceptors (Lipinski definition) is 3. The van der Waals surface area contributed by atoms with Gasteiger partial charge in [0.2, 0.25) is 5.91 Å². The topological polar surface area (TPSA) is 67.4 Å². The molecule has 0 aliphatic rings. The molecule has 0 spiro atoms. The third-order valence-corrected chi connectivity index (χ3v) is 3.21. The van der Waals surface area contributed by atoms with Crippen molar-refractivity contribution in [1.82, 2.24) is 10.6 Å². The molecular formula is C18H26N2O3. The Morgan fingerprint density at radius 3 is 2.48 bits per heavy atom. The summed E-state index contributed by atoms with van der Waals surface area (Å²) in [4.78, 5) is 23.1. The van der Waals surface area contributed by atoms with Crippen LogP contribution in [0.2, 0.25) is 0 Å². The van der Waals surface area contributed by atoms with E-state index in [4.69, 9.17) is 4.74 Å². The largest absolute Gasteiger partial charge is 0.380 e. The number of ether oxygens (including phenoxy) is 1. The van der Waals surface area contributed by atoms with E-state index >= 15 is 0 Å². The van der Waals surface area contributed by atoms with E-state index in [0.717, 1.165) is 18.6 Å². The smallest absolute Gasteiger partial charge is 0.251 e. The monoisotopic (exact) mass is 318 g/mol. The molecule has 0 unspecified atom stereocenters. The summed E-state index contributed by atoms with van der Waals surface area (Å²) in [6, 6.07) is 7.03. The predicted octanol–water partition coefficient (Wildman–Crippen LogP) is 2.24. The first kappa shape index (κ1) is 18.9. The average Bonchev–Trinajstić information content (AvgIpc) is 2.55. The lowest BCUT2D eigenvalue weighted by molar-refractivity contribution is -0.116. The van der Waals surface area contributed by atoms with E-state index in [0.29, 0.717) is 24.6 Å². The Morgan fingerprint density at radius 1 is 1.17 bits per heavy atom. The number of carbonyl (C=O) groups excluding carboxylic acids is 2. The van der Waals surface area contributed by atoms with Gasteiger partial charge in [0.25, 0.3) is 5.91 Å². The fourth-order valence-corrected chi connectivity index (χ4v) is 1.79. The number of hydrogen-bond donors (Lipinski definition) is 2. The van der Waals surface area contributed by atoms with E-state index in [9.17, 15) is 9.59 Å². The van der Waals surface area contributed by atoms with Gasteiger partial charge in [-0.15, -0.1) is 0 Å². The Morgan fingerprint density at radius 2 is 1.87 bits per heavy atom. The molecule has 5 heteroatoms. The van der Waals surface area contributed by atoms with Crippen molar-refractivity contribution in [2.45, 2.75) is 20.3 Å². The molecule has 0 aliphatic heterocycles. The second-order valence-corrected chi connectivity index (χ2v) is 5.62. The fourth-order valence-electron chi connectivity index (χ4n) is 1.79. The molecule has 23 heavy (non-hydrogen) atoms. The first-order chi connectivity index (χ1) is 11.0. The summed E-state index contributed by atoms with van der Waals surface area (Å²) in [5.74, 6) is 0.339. The third kappa shape index (κ3) is 8.16. The molecule has 0 fully saturated rings. The highest BCUT2D eigenvalue weighted by molar-refractivity contribution is 5.94. The van der Waals surface area contributed by atoms with Crippen molar-refractivity contribution in [2.24, 2.45) is 5.92 Å². The zero-order valence-corrected chi connectivity index (χ0v) is 14.1. The normalized spacial score (nSPS) is 11.0. The van der Waals surface area contributed by atoms with E-state index < -0.39 is 0 Å². The second kappa shape index (κ2) is 10.6. The van der Waals surface area contributed by atoms with Crippen LogP contribution in [0, 0.1) is 5.92 Å². The van der Waals surface area contributed by atoms with Gasteiger partial charge in [0, 0.05) is 31.8 Å². The maximum atomic E-state index is 11.7. The molecule has 0 aliphatic carbocycles. The minimum Gasteiger partial charge on any atom is -0.380 e. The number of rotatable bonds is 9. The van der Waals surface area contributed by atoms with Crippen molar-refractivity contribution >= 4 is 17.9 Å². The van der Waals surface area contributed by atoms with Gasteiger partial charge in [0.1, 0.15) is 0 Å². The summed E-state index contributed by atoms with van der Waals surface area (Å²) in [5, 5.41) is 5.33. The maximum absolute atomic E-state index is 11.7. The Bertz CT molecular complexity index is 522. The van der Waals surface area contributed by atoms with E-state index in [1.54, 1.807) is 37.4 Å². The van der Waals surface area contributed by atoms with E-state index in [2.05, 4.69) is 24.5 Å². The highest BCUT2D eigenvalue weighted by Crippen LogP contribution is 2.06. The van der Waals surface area contributed by atoms with Gasteiger partial charge < -0.3 is 15.4 Å². The van der Waals surface area contributed by atoms with Crippen LogP contribution >= 0.6 is 0 Å². The number of nitrogens with one attached hydrogen (secondary N) is 2. The van der Waals surface area contributed by atoms with Gasteiger partial charge in [-0.3, -0.25) is 9.59 Å². The molecule has 2 amide bonds. The van der Waals surface area contributed by atoms with Crippen LogP contribution in [0.4, 0.5) is 0 Å². The number of amides is 2. The Balaban J connectivity index is 2.28. The van der Waals surface area contributed by atoms with Crippen molar-refractivity contribution in [1.29, 1.82) is 0 Å². The summed E-state index contributed by atoms with van der Waals surface area (Å²) in [5.41, 5.74) is 1.45. The molecule has 1 rings (SSSR count). The molecule has 1 aromatic carbocycles. The van der Waals surface area contributed by atoms with E-state index in [-0.39, 0.29) is 11.8 Å². The molecule has 0 atom stereocenters. The van der Waals surface area contributed by atoms with Crippen molar-refractivity contribution in [3.05, 3.63) is 41.5 Å². The Labute approximate surface area is 138 Å². The van der Waals surface area contributed by atoms with Gasteiger partial charge in [-0.25, -0.2) is 0 Å². The van der Waals surface area contributed by atoms with Crippen LogP contribution in [0.25, 0.3) is 6.08 Å². The highest BCUT2D eigenvalue weighted by atomic mass is 16.5. The lowest BCUT2D eigenvalue weighted by Gasteiger charge is -2.06. The first-order valence-corrected chi connectivity index (χ1v) is 7.88. The number of carbonyl (C=O) groups is 2. The summed E-state index contributed by atoms with van der Waals surface area (Å²) >= 11 is 0. The Kier molecular flexibility index (Phi) is 8.68. The molecule has 0 aromatic heterocycles. The zero-order chi connectivity index (χ0) is 17.1. The molecule has 0 heterocycles. The van der Waals surface area contributed by atoms with Crippen molar-refractivity contribution in [2.75, 3.05) is 26.8 Å². The van der Waals surface area contributed by atoms with Gasteiger partial charge in [-0.05, 0) is 36.1 Å². The summed E-state index contributed by atoms with van der Waals surface area (Å²) in [6.45, 7) is 6.04. The molecular weight excluding hydrogens is 292 g/mol. The molecule has 5 nitrogen and oxygen atoms in total. The molecule has 0 radical (unpaired) electrons. The van der Waals surface area contributed by atoms with Gasteiger partial charge in [-0.1, -0.05) is 26.0 Å². The summed E-state index contributed by atoms with van der Waals surface area (Å²) in [6.07, 6.45) is 4.21. The van der Waals surface area contributed by atoms with Gasteiger partial charge in [-0.2, -0.15) is 0 Å². The van der Waals surface area contributed by atoms with E-state index in [1.807, 2.05) is 0 Å². The summed E-state index contributed by atoms with van der Waals surface area (Å²) < 4.78 is 5.43. The van der Waals surface area contributed by atoms with Gasteiger partial charge >= 0.3 is 0 Å². The van der Waals surface area contributed by atoms with Gasteiger partial charge in [0.05, 0.1) is 6.61 Å². The third-order valence-electron chi connectivity index (χ3n) is 3.21. The molecule has 0 bridgehead atoms. The fraction of sp³-hybridized carbons (Fsp3) is 0.444.